The van der Waals surface area contributed by atoms with Crippen molar-refractivity contribution in [2.75, 3.05) is 19.5 Å². The topological polar surface area (TPSA) is 82.0 Å². The van der Waals surface area contributed by atoms with E-state index in [1.165, 1.54) is 0 Å². The molecule has 0 atom stereocenters. The highest BCUT2D eigenvalue weighted by Crippen LogP contribution is 2.32. The average Bonchev–Trinajstić information content (AvgIpc) is 2.80. The van der Waals surface area contributed by atoms with Crippen LogP contribution in [-0.4, -0.2) is 34.2 Å². The predicted octanol–water partition coefficient (Wildman–Crippen LogP) is 4.36. The van der Waals surface area contributed by atoms with E-state index < -0.39 is 0 Å². The van der Waals surface area contributed by atoms with Crippen molar-refractivity contribution in [3.05, 3.63) is 73.1 Å². The molecule has 7 nitrogen and oxygen atoms in total. The van der Waals surface area contributed by atoms with Gasteiger partial charge in [0.05, 0.1) is 31.3 Å². The normalized spacial score (nSPS) is 10.4. The van der Waals surface area contributed by atoms with E-state index in [-0.39, 0.29) is 0 Å². The van der Waals surface area contributed by atoms with Gasteiger partial charge in [0.2, 0.25) is 0 Å². The van der Waals surface area contributed by atoms with E-state index in [0.717, 1.165) is 11.4 Å². The number of benzene rings is 1. The van der Waals surface area contributed by atoms with Crippen LogP contribution in [0.1, 0.15) is 0 Å². The van der Waals surface area contributed by atoms with Crippen LogP contribution in [0.5, 0.6) is 11.5 Å². The molecule has 7 heteroatoms. The van der Waals surface area contributed by atoms with Gasteiger partial charge in [0.1, 0.15) is 23.0 Å². The Labute approximate surface area is 168 Å². The minimum absolute atomic E-state index is 0.498. The molecule has 144 valence electrons. The molecule has 0 radical (unpaired) electrons. The quantitative estimate of drug-likeness (QED) is 0.528. The molecule has 29 heavy (non-hydrogen) atoms. The van der Waals surface area contributed by atoms with Gasteiger partial charge in [-0.15, -0.1) is 0 Å². The molecule has 0 saturated heterocycles. The second-order valence-corrected chi connectivity index (χ2v) is 6.08. The molecule has 0 aliphatic heterocycles. The number of anilines is 2. The van der Waals surface area contributed by atoms with Crippen molar-refractivity contribution in [2.45, 2.75) is 0 Å². The van der Waals surface area contributed by atoms with Crippen LogP contribution in [0.15, 0.2) is 73.1 Å². The highest BCUT2D eigenvalue weighted by molar-refractivity contribution is 5.70. The standard InChI is InChI=1S/C22H19N5O2/c1-28-15-9-10-20(29-2)19(13-15)25-21-14-18(16-7-3-5-11-23-16)26-22(27-21)17-8-4-6-12-24-17/h3-14H,1-2H3,(H,25,26,27). The number of rotatable bonds is 6. The van der Waals surface area contributed by atoms with Gasteiger partial charge in [-0.05, 0) is 36.4 Å². The molecule has 0 aliphatic carbocycles. The highest BCUT2D eigenvalue weighted by Gasteiger charge is 2.12. The molecule has 0 unspecified atom stereocenters. The van der Waals surface area contributed by atoms with Gasteiger partial charge < -0.3 is 14.8 Å². The number of hydrogen-bond acceptors (Lipinski definition) is 7. The number of pyridine rings is 2. The fraction of sp³-hybridized carbons (Fsp3) is 0.0909. The Kier molecular flexibility index (Phi) is 5.29. The average molecular weight is 385 g/mol. The molecule has 0 aliphatic rings. The molecule has 0 bridgehead atoms. The van der Waals surface area contributed by atoms with Crippen molar-refractivity contribution in [3.63, 3.8) is 0 Å². The van der Waals surface area contributed by atoms with E-state index in [2.05, 4.69) is 25.3 Å². The molecule has 4 aromatic rings. The molecule has 3 heterocycles. The zero-order valence-corrected chi connectivity index (χ0v) is 16.0. The Morgan fingerprint density at radius 1 is 0.724 bits per heavy atom. The molecule has 0 amide bonds. The number of methoxy groups -OCH3 is 2. The Hall–Kier alpha value is -4.00. The van der Waals surface area contributed by atoms with Crippen molar-refractivity contribution >= 4 is 11.5 Å². The maximum absolute atomic E-state index is 5.46. The van der Waals surface area contributed by atoms with Crippen LogP contribution >= 0.6 is 0 Å². The predicted molar refractivity (Wildman–Crippen MR) is 111 cm³/mol. The summed E-state index contributed by atoms with van der Waals surface area (Å²) >= 11 is 0. The summed E-state index contributed by atoms with van der Waals surface area (Å²) in [5.41, 5.74) is 2.83. The number of aromatic nitrogens is 4. The number of hydrogen-bond donors (Lipinski definition) is 1. The summed E-state index contributed by atoms with van der Waals surface area (Å²) in [4.78, 5) is 18.1. The number of nitrogens with zero attached hydrogens (tertiary/aromatic N) is 4. The first-order valence-corrected chi connectivity index (χ1v) is 8.98. The first kappa shape index (κ1) is 18.4. The first-order valence-electron chi connectivity index (χ1n) is 8.98. The SMILES string of the molecule is COc1ccc(OC)c(Nc2cc(-c3ccccn3)nc(-c3ccccn3)n2)c1. The van der Waals surface area contributed by atoms with Gasteiger partial charge in [0, 0.05) is 24.5 Å². The van der Waals surface area contributed by atoms with Crippen molar-refractivity contribution < 1.29 is 9.47 Å². The van der Waals surface area contributed by atoms with Crippen LogP contribution in [0.2, 0.25) is 0 Å². The second kappa shape index (κ2) is 8.35. The minimum Gasteiger partial charge on any atom is -0.497 e. The molecular weight excluding hydrogens is 366 g/mol. The zero-order chi connectivity index (χ0) is 20.1. The number of nitrogens with one attached hydrogen (secondary N) is 1. The maximum Gasteiger partial charge on any atom is 0.180 e. The lowest BCUT2D eigenvalue weighted by Gasteiger charge is -2.13. The summed E-state index contributed by atoms with van der Waals surface area (Å²) in [5.74, 6) is 2.46. The van der Waals surface area contributed by atoms with Crippen LogP contribution in [-0.2, 0) is 0 Å². The fourth-order valence-corrected chi connectivity index (χ4v) is 2.82. The van der Waals surface area contributed by atoms with Gasteiger partial charge in [0.15, 0.2) is 5.82 Å². The minimum atomic E-state index is 0.498. The molecular formula is C22H19N5O2. The van der Waals surface area contributed by atoms with Crippen LogP contribution in [0, 0.1) is 0 Å². The second-order valence-electron chi connectivity index (χ2n) is 6.08. The van der Waals surface area contributed by atoms with Crippen molar-refractivity contribution in [2.24, 2.45) is 0 Å². The molecule has 0 spiro atoms. The lowest BCUT2D eigenvalue weighted by molar-refractivity contribution is 0.405. The van der Waals surface area contributed by atoms with Crippen LogP contribution < -0.4 is 14.8 Å². The summed E-state index contributed by atoms with van der Waals surface area (Å²) in [6.45, 7) is 0. The van der Waals surface area contributed by atoms with Gasteiger partial charge in [0.25, 0.3) is 0 Å². The molecule has 1 N–H and O–H groups in total. The smallest absolute Gasteiger partial charge is 0.180 e. The van der Waals surface area contributed by atoms with E-state index in [1.807, 2.05) is 60.7 Å². The Bertz CT molecular complexity index is 1050. The van der Waals surface area contributed by atoms with E-state index in [4.69, 9.17) is 9.47 Å². The monoisotopic (exact) mass is 385 g/mol. The summed E-state index contributed by atoms with van der Waals surface area (Å²) in [6.07, 6.45) is 3.44. The largest absolute Gasteiger partial charge is 0.497 e. The van der Waals surface area contributed by atoms with Crippen LogP contribution in [0.25, 0.3) is 22.9 Å². The van der Waals surface area contributed by atoms with Crippen LogP contribution in [0.3, 0.4) is 0 Å². The molecule has 0 fully saturated rings. The maximum atomic E-state index is 5.46. The van der Waals surface area contributed by atoms with Gasteiger partial charge in [-0.25, -0.2) is 9.97 Å². The zero-order valence-electron chi connectivity index (χ0n) is 16.0. The van der Waals surface area contributed by atoms with E-state index in [1.54, 1.807) is 26.6 Å². The highest BCUT2D eigenvalue weighted by atomic mass is 16.5. The lowest BCUT2D eigenvalue weighted by Crippen LogP contribution is -2.02. The van der Waals surface area contributed by atoms with Gasteiger partial charge in [-0.2, -0.15) is 0 Å². The third-order valence-corrected chi connectivity index (χ3v) is 4.22. The summed E-state index contributed by atoms with van der Waals surface area (Å²) < 4.78 is 10.8. The van der Waals surface area contributed by atoms with Crippen molar-refractivity contribution in [1.29, 1.82) is 0 Å². The molecule has 0 saturated carbocycles. The van der Waals surface area contributed by atoms with Gasteiger partial charge in [-0.3, -0.25) is 9.97 Å². The lowest BCUT2D eigenvalue weighted by atomic mass is 10.2. The van der Waals surface area contributed by atoms with E-state index >= 15 is 0 Å². The Morgan fingerprint density at radius 2 is 1.48 bits per heavy atom. The van der Waals surface area contributed by atoms with E-state index in [0.29, 0.717) is 34.5 Å². The molecule has 1 aromatic carbocycles. The number of ether oxygens (including phenoxy) is 2. The van der Waals surface area contributed by atoms with Crippen molar-refractivity contribution in [1.82, 2.24) is 19.9 Å². The third-order valence-electron chi connectivity index (χ3n) is 4.22. The van der Waals surface area contributed by atoms with E-state index in [9.17, 15) is 0 Å². The Balaban J connectivity index is 1.81. The Morgan fingerprint density at radius 3 is 2.14 bits per heavy atom. The van der Waals surface area contributed by atoms with Crippen LogP contribution in [0.4, 0.5) is 11.5 Å². The first-order chi connectivity index (χ1) is 14.3. The summed E-state index contributed by atoms with van der Waals surface area (Å²) in [7, 11) is 3.24. The van der Waals surface area contributed by atoms with Gasteiger partial charge >= 0.3 is 0 Å². The van der Waals surface area contributed by atoms with Crippen molar-refractivity contribution in [3.8, 4) is 34.4 Å². The summed E-state index contributed by atoms with van der Waals surface area (Å²) in [6, 6.07) is 18.7. The van der Waals surface area contributed by atoms with Gasteiger partial charge in [-0.1, -0.05) is 12.1 Å². The fourth-order valence-electron chi connectivity index (χ4n) is 2.82. The third kappa shape index (κ3) is 4.14. The summed E-state index contributed by atoms with van der Waals surface area (Å²) in [5, 5.41) is 3.31. The molecule has 3 aromatic heterocycles. The molecule has 4 rings (SSSR count).